The number of hydrogen-bond donors (Lipinski definition) is 2. The molecule has 0 bridgehead atoms. The molecular formula is C23H30N4O6S. The zero-order valence-electron chi connectivity index (χ0n) is 19.6. The van der Waals surface area contributed by atoms with Crippen LogP contribution in [0, 0.1) is 10.1 Å². The van der Waals surface area contributed by atoms with Gasteiger partial charge in [-0.1, -0.05) is 6.07 Å². The first kappa shape index (κ1) is 25.6. The van der Waals surface area contributed by atoms with Crippen LogP contribution in [-0.4, -0.2) is 61.5 Å². The number of amides is 1. The van der Waals surface area contributed by atoms with Crippen molar-refractivity contribution >= 4 is 27.3 Å². The third-order valence-electron chi connectivity index (χ3n) is 5.70. The van der Waals surface area contributed by atoms with Crippen LogP contribution in [0.3, 0.4) is 0 Å². The summed E-state index contributed by atoms with van der Waals surface area (Å²) in [5.41, 5.74) is 0.0341. The first-order chi connectivity index (χ1) is 15.9. The van der Waals surface area contributed by atoms with Crippen molar-refractivity contribution in [3.63, 3.8) is 0 Å². The molecule has 2 atom stereocenters. The maximum atomic E-state index is 12.7. The second-order valence-corrected chi connectivity index (χ2v) is 10.8. The van der Waals surface area contributed by atoms with Crippen LogP contribution in [0.4, 0.5) is 11.4 Å². The quantitative estimate of drug-likeness (QED) is 0.430. The van der Waals surface area contributed by atoms with Crippen LogP contribution in [0.5, 0.6) is 0 Å². The fourth-order valence-electron chi connectivity index (χ4n) is 3.85. The molecule has 0 saturated carbocycles. The summed E-state index contributed by atoms with van der Waals surface area (Å²) in [6.07, 6.45) is 0.245. The Morgan fingerprint density at radius 2 is 1.76 bits per heavy atom. The van der Waals surface area contributed by atoms with Crippen molar-refractivity contribution in [1.82, 2.24) is 10.2 Å². The Kier molecular flexibility index (Phi) is 7.59. The van der Waals surface area contributed by atoms with Gasteiger partial charge in [0.2, 0.25) is 0 Å². The first-order valence-electron chi connectivity index (χ1n) is 10.9. The zero-order chi connectivity index (χ0) is 25.1. The summed E-state index contributed by atoms with van der Waals surface area (Å²) in [7, 11) is -4.02. The Balaban J connectivity index is 1.62. The van der Waals surface area contributed by atoms with Crippen molar-refractivity contribution in [2.24, 2.45) is 0 Å². The minimum absolute atomic E-state index is 0.122. The third-order valence-corrected chi connectivity index (χ3v) is 7.07. The van der Waals surface area contributed by atoms with Crippen LogP contribution >= 0.6 is 0 Å². The number of nitrogens with zero attached hydrogens (tertiary/aromatic N) is 2. The van der Waals surface area contributed by atoms with Gasteiger partial charge in [-0.3, -0.25) is 24.5 Å². The highest BCUT2D eigenvalue weighted by Crippen LogP contribution is 2.22. The number of carbonyl (C=O) groups is 1. The van der Waals surface area contributed by atoms with Crippen molar-refractivity contribution in [2.75, 3.05) is 24.4 Å². The van der Waals surface area contributed by atoms with Crippen molar-refractivity contribution < 1.29 is 22.9 Å². The predicted octanol–water partition coefficient (Wildman–Crippen LogP) is 3.01. The van der Waals surface area contributed by atoms with E-state index in [0.717, 1.165) is 19.2 Å². The molecule has 0 aliphatic carbocycles. The van der Waals surface area contributed by atoms with E-state index in [1.165, 1.54) is 42.5 Å². The second-order valence-electron chi connectivity index (χ2n) is 9.09. The van der Waals surface area contributed by atoms with E-state index in [9.17, 15) is 23.3 Å². The Hall–Kier alpha value is -3.02. The van der Waals surface area contributed by atoms with E-state index in [1.54, 1.807) is 0 Å². The summed E-state index contributed by atoms with van der Waals surface area (Å²) in [6, 6.07) is 10.8. The van der Waals surface area contributed by atoms with Gasteiger partial charge in [-0.2, -0.15) is 0 Å². The van der Waals surface area contributed by atoms with Crippen LogP contribution in [0.2, 0.25) is 0 Å². The molecule has 0 unspecified atom stereocenters. The van der Waals surface area contributed by atoms with Gasteiger partial charge in [0.25, 0.3) is 21.6 Å². The highest BCUT2D eigenvalue weighted by molar-refractivity contribution is 7.92. The molecule has 0 spiro atoms. The second kappa shape index (κ2) is 10.1. The van der Waals surface area contributed by atoms with Crippen molar-refractivity contribution in [3.8, 4) is 0 Å². The maximum Gasteiger partial charge on any atom is 0.270 e. The number of nitro groups is 1. The number of hydrogen-bond acceptors (Lipinski definition) is 7. The summed E-state index contributed by atoms with van der Waals surface area (Å²) in [6.45, 7) is 10.2. The lowest BCUT2D eigenvalue weighted by Gasteiger charge is -2.45. The van der Waals surface area contributed by atoms with Crippen molar-refractivity contribution in [2.45, 2.75) is 50.3 Å². The zero-order valence-corrected chi connectivity index (χ0v) is 20.5. The van der Waals surface area contributed by atoms with Crippen LogP contribution in [0.25, 0.3) is 0 Å². The van der Waals surface area contributed by atoms with Gasteiger partial charge in [-0.25, -0.2) is 8.42 Å². The number of nitrogens with one attached hydrogen (secondary N) is 2. The predicted molar refractivity (Wildman–Crippen MR) is 128 cm³/mol. The van der Waals surface area contributed by atoms with E-state index in [-0.39, 0.29) is 39.9 Å². The molecule has 11 heteroatoms. The lowest BCUT2D eigenvalue weighted by molar-refractivity contribution is -0.385. The number of benzene rings is 2. The first-order valence-corrected chi connectivity index (χ1v) is 12.4. The Bertz CT molecular complexity index is 1140. The van der Waals surface area contributed by atoms with Crippen LogP contribution in [0.1, 0.15) is 38.1 Å². The van der Waals surface area contributed by atoms with E-state index in [4.69, 9.17) is 4.74 Å². The average molecular weight is 491 g/mol. The van der Waals surface area contributed by atoms with E-state index in [1.807, 2.05) is 13.8 Å². The Morgan fingerprint density at radius 3 is 2.35 bits per heavy atom. The van der Waals surface area contributed by atoms with Gasteiger partial charge in [0.15, 0.2) is 0 Å². The summed E-state index contributed by atoms with van der Waals surface area (Å²) in [4.78, 5) is 25.0. The van der Waals surface area contributed by atoms with Gasteiger partial charge < -0.3 is 10.1 Å². The molecular weight excluding hydrogens is 460 g/mol. The van der Waals surface area contributed by atoms with Gasteiger partial charge in [0.1, 0.15) is 0 Å². The number of morpholine rings is 1. The van der Waals surface area contributed by atoms with Gasteiger partial charge >= 0.3 is 0 Å². The molecule has 1 aliphatic rings. The smallest absolute Gasteiger partial charge is 0.270 e. The lowest BCUT2D eigenvalue weighted by atomic mass is 10.00. The van der Waals surface area contributed by atoms with Crippen LogP contribution in [0.15, 0.2) is 53.4 Å². The molecule has 1 fully saturated rings. The Labute approximate surface area is 199 Å². The molecule has 0 aromatic heterocycles. The van der Waals surface area contributed by atoms with Crippen molar-refractivity contribution in [1.29, 1.82) is 0 Å². The molecule has 2 aromatic carbocycles. The van der Waals surface area contributed by atoms with E-state index in [2.05, 4.69) is 28.8 Å². The molecule has 184 valence electrons. The fourth-order valence-corrected chi connectivity index (χ4v) is 4.95. The normalized spacial score (nSPS) is 19.4. The molecule has 2 N–H and O–H groups in total. The number of anilines is 1. The highest BCUT2D eigenvalue weighted by Gasteiger charge is 2.33. The number of nitro benzene ring substituents is 1. The number of sulfonamides is 1. The molecule has 1 aliphatic heterocycles. The molecule has 1 saturated heterocycles. The van der Waals surface area contributed by atoms with Gasteiger partial charge in [0.05, 0.1) is 22.0 Å². The molecule has 2 aromatic rings. The van der Waals surface area contributed by atoms with Gasteiger partial charge in [0, 0.05) is 48.6 Å². The summed E-state index contributed by atoms with van der Waals surface area (Å²) in [5, 5.41) is 13.9. The number of carbonyl (C=O) groups excluding carboxylic acids is 1. The fraction of sp³-hybridized carbons (Fsp3) is 0.435. The SMILES string of the molecule is C[C@@H]1CN(C(C)(C)CNC(=O)c2ccc(NS(=O)(=O)c3cccc([N+](=O)[O-])c3)cc2)C[C@H](C)O1. The largest absolute Gasteiger partial charge is 0.373 e. The third kappa shape index (κ3) is 6.31. The summed E-state index contributed by atoms with van der Waals surface area (Å²) >= 11 is 0. The average Bonchev–Trinajstić information content (AvgIpc) is 2.77. The van der Waals surface area contributed by atoms with Gasteiger partial charge in [-0.05, 0) is 58.0 Å². The Morgan fingerprint density at radius 1 is 1.15 bits per heavy atom. The standard InChI is InChI=1S/C23H30N4O6S/c1-16-13-26(14-17(2)33-16)23(3,4)15-24-22(28)18-8-10-19(11-9-18)25-34(31,32)21-7-5-6-20(12-21)27(29)30/h5-12,16-17,25H,13-15H2,1-4H3,(H,24,28)/t16-,17+. The molecule has 34 heavy (non-hydrogen) atoms. The van der Waals surface area contributed by atoms with Crippen molar-refractivity contribution in [3.05, 3.63) is 64.2 Å². The molecule has 1 heterocycles. The minimum Gasteiger partial charge on any atom is -0.373 e. The topological polar surface area (TPSA) is 131 Å². The van der Waals surface area contributed by atoms with E-state index < -0.39 is 14.9 Å². The summed E-state index contributed by atoms with van der Waals surface area (Å²) < 4.78 is 33.3. The highest BCUT2D eigenvalue weighted by atomic mass is 32.2. The summed E-state index contributed by atoms with van der Waals surface area (Å²) in [5.74, 6) is -0.268. The van der Waals surface area contributed by atoms with Crippen LogP contribution < -0.4 is 10.0 Å². The lowest BCUT2D eigenvalue weighted by Crippen LogP contribution is -2.58. The van der Waals surface area contributed by atoms with E-state index >= 15 is 0 Å². The minimum atomic E-state index is -4.02. The molecule has 0 radical (unpaired) electrons. The monoisotopic (exact) mass is 490 g/mol. The molecule has 3 rings (SSSR count). The molecule has 1 amide bonds. The van der Waals surface area contributed by atoms with Crippen LogP contribution in [-0.2, 0) is 14.8 Å². The molecule has 10 nitrogen and oxygen atoms in total. The number of ether oxygens (including phenoxy) is 1. The van der Waals surface area contributed by atoms with Gasteiger partial charge in [-0.15, -0.1) is 0 Å². The number of rotatable bonds is 8. The maximum absolute atomic E-state index is 12.7. The number of non-ortho nitro benzene ring substituents is 1. The van der Waals surface area contributed by atoms with E-state index in [0.29, 0.717) is 12.1 Å².